The summed E-state index contributed by atoms with van der Waals surface area (Å²) in [6, 6.07) is 6.07. The first-order valence-electron chi connectivity index (χ1n) is 8.29. The van der Waals surface area contributed by atoms with Crippen LogP contribution < -0.4 is 4.72 Å². The van der Waals surface area contributed by atoms with E-state index in [-0.39, 0.29) is 12.6 Å². The number of carbonyl (C=O) groups excluding carboxylic acids is 2. The summed E-state index contributed by atoms with van der Waals surface area (Å²) in [5, 5.41) is 0. The van der Waals surface area contributed by atoms with Gasteiger partial charge in [0.2, 0.25) is 0 Å². The molecule has 2 atom stereocenters. The summed E-state index contributed by atoms with van der Waals surface area (Å²) >= 11 is 0. The molecule has 1 unspecified atom stereocenters. The molecular weight excluding hydrogens is 342 g/mol. The van der Waals surface area contributed by atoms with Crippen LogP contribution in [0, 0.1) is 0 Å². The molecule has 0 saturated carbocycles. The van der Waals surface area contributed by atoms with Crippen molar-refractivity contribution in [2.75, 3.05) is 13.2 Å². The van der Waals surface area contributed by atoms with Crippen LogP contribution in [0.15, 0.2) is 24.3 Å². The van der Waals surface area contributed by atoms with Crippen molar-refractivity contribution in [1.82, 2.24) is 4.72 Å². The smallest absolute Gasteiger partial charge is 0.338 e. The van der Waals surface area contributed by atoms with E-state index < -0.39 is 27.7 Å². The second-order valence-corrected chi connectivity index (χ2v) is 8.42. The van der Waals surface area contributed by atoms with E-state index in [0.717, 1.165) is 5.56 Å². The fraction of sp³-hybridized carbons (Fsp3) is 0.556. The molecule has 0 saturated heterocycles. The van der Waals surface area contributed by atoms with Gasteiger partial charge in [0.25, 0.3) is 0 Å². The molecule has 0 aliphatic rings. The van der Waals surface area contributed by atoms with Crippen molar-refractivity contribution < 1.29 is 23.3 Å². The van der Waals surface area contributed by atoms with E-state index in [9.17, 15) is 13.8 Å². The lowest BCUT2D eigenvalue weighted by atomic mass is 10.0. The molecule has 0 aliphatic carbocycles. The molecule has 1 rings (SSSR count). The number of carbonyl (C=O) groups is 2. The van der Waals surface area contributed by atoms with Crippen LogP contribution in [0.4, 0.5) is 0 Å². The molecule has 0 radical (unpaired) electrons. The molecule has 0 bridgehead atoms. The van der Waals surface area contributed by atoms with E-state index >= 15 is 0 Å². The van der Waals surface area contributed by atoms with E-state index in [0.29, 0.717) is 18.6 Å². The Morgan fingerprint density at radius 3 is 2.12 bits per heavy atom. The van der Waals surface area contributed by atoms with Crippen molar-refractivity contribution in [2.24, 2.45) is 0 Å². The Kier molecular flexibility index (Phi) is 8.25. The lowest BCUT2D eigenvalue weighted by Crippen LogP contribution is -2.45. The largest absolute Gasteiger partial charge is 0.465 e. The van der Waals surface area contributed by atoms with Crippen molar-refractivity contribution in [3.8, 4) is 0 Å². The van der Waals surface area contributed by atoms with Gasteiger partial charge in [0.05, 0.1) is 34.5 Å². The van der Waals surface area contributed by atoms with Crippen LogP contribution in [0.3, 0.4) is 0 Å². The minimum Gasteiger partial charge on any atom is -0.465 e. The minimum absolute atomic E-state index is 0.251. The third kappa shape index (κ3) is 6.96. The molecule has 6 nitrogen and oxygen atoms in total. The van der Waals surface area contributed by atoms with Gasteiger partial charge in [-0.25, -0.2) is 13.7 Å². The van der Waals surface area contributed by atoms with Gasteiger partial charge in [-0.3, -0.25) is 4.79 Å². The van der Waals surface area contributed by atoms with Gasteiger partial charge in [-0.2, -0.15) is 0 Å². The molecule has 1 aromatic carbocycles. The van der Waals surface area contributed by atoms with Crippen LogP contribution in [-0.2, 0) is 31.7 Å². The topological polar surface area (TPSA) is 81.7 Å². The van der Waals surface area contributed by atoms with Crippen LogP contribution >= 0.6 is 0 Å². The van der Waals surface area contributed by atoms with E-state index in [1.807, 2.05) is 20.8 Å². The Labute approximate surface area is 151 Å². The highest BCUT2D eigenvalue weighted by molar-refractivity contribution is 7.84. The van der Waals surface area contributed by atoms with Crippen molar-refractivity contribution in [1.29, 1.82) is 0 Å². The first-order chi connectivity index (χ1) is 11.7. The minimum atomic E-state index is -1.40. The highest BCUT2D eigenvalue weighted by Crippen LogP contribution is 2.13. The molecule has 0 aromatic heterocycles. The zero-order chi connectivity index (χ0) is 19.0. The van der Waals surface area contributed by atoms with Crippen molar-refractivity contribution in [3.63, 3.8) is 0 Å². The van der Waals surface area contributed by atoms with Crippen LogP contribution in [0.25, 0.3) is 0 Å². The Morgan fingerprint density at radius 2 is 1.64 bits per heavy atom. The molecule has 7 heteroatoms. The van der Waals surface area contributed by atoms with Gasteiger partial charge in [-0.05, 0) is 58.7 Å². The Bertz CT molecular complexity index is 607. The lowest BCUT2D eigenvalue weighted by Gasteiger charge is -2.23. The van der Waals surface area contributed by atoms with Crippen molar-refractivity contribution >= 4 is 22.9 Å². The zero-order valence-electron chi connectivity index (χ0n) is 15.5. The fourth-order valence-electron chi connectivity index (χ4n) is 1.95. The van der Waals surface area contributed by atoms with Gasteiger partial charge in [0.15, 0.2) is 0 Å². The average molecular weight is 369 g/mol. The number of benzene rings is 1. The molecular formula is C18H27NO5S. The second-order valence-electron chi connectivity index (χ2n) is 6.43. The van der Waals surface area contributed by atoms with E-state index in [2.05, 4.69) is 4.72 Å². The second kappa shape index (κ2) is 9.68. The molecule has 0 heterocycles. The molecule has 0 fully saturated rings. The number of rotatable bonds is 8. The summed E-state index contributed by atoms with van der Waals surface area (Å²) in [5.41, 5.74) is 1.27. The lowest BCUT2D eigenvalue weighted by molar-refractivity contribution is -0.145. The number of ether oxygens (including phenoxy) is 2. The summed E-state index contributed by atoms with van der Waals surface area (Å²) < 4.78 is 24.7. The van der Waals surface area contributed by atoms with Crippen molar-refractivity contribution in [3.05, 3.63) is 35.4 Å². The average Bonchev–Trinajstić information content (AvgIpc) is 2.54. The van der Waals surface area contributed by atoms with Crippen LogP contribution in [0.5, 0.6) is 0 Å². The number of hydrogen-bond donors (Lipinski definition) is 1. The quantitative estimate of drug-likeness (QED) is 0.712. The summed E-state index contributed by atoms with van der Waals surface area (Å²) in [4.78, 5) is 23.9. The van der Waals surface area contributed by atoms with Crippen LogP contribution in [0.2, 0.25) is 0 Å². The summed E-state index contributed by atoms with van der Waals surface area (Å²) in [7, 11) is -1.40. The number of esters is 2. The predicted molar refractivity (Wildman–Crippen MR) is 97.6 cm³/mol. The molecule has 0 aliphatic heterocycles. The highest BCUT2D eigenvalue weighted by atomic mass is 32.2. The zero-order valence-corrected chi connectivity index (χ0v) is 16.3. The number of nitrogens with one attached hydrogen (secondary N) is 1. The maximum Gasteiger partial charge on any atom is 0.338 e. The summed E-state index contributed by atoms with van der Waals surface area (Å²) in [6.07, 6.45) is 0.309. The monoisotopic (exact) mass is 369 g/mol. The van der Waals surface area contributed by atoms with Gasteiger partial charge in [0, 0.05) is 0 Å². The van der Waals surface area contributed by atoms with E-state index in [1.165, 1.54) is 0 Å². The third-order valence-electron chi connectivity index (χ3n) is 3.28. The van der Waals surface area contributed by atoms with Crippen molar-refractivity contribution in [2.45, 2.75) is 51.8 Å². The Hall–Kier alpha value is -1.73. The van der Waals surface area contributed by atoms with E-state index in [1.54, 1.807) is 38.1 Å². The van der Waals surface area contributed by atoms with Gasteiger partial charge in [-0.1, -0.05) is 12.1 Å². The van der Waals surface area contributed by atoms with Gasteiger partial charge >= 0.3 is 11.9 Å². The highest BCUT2D eigenvalue weighted by Gasteiger charge is 2.27. The number of hydrogen-bond acceptors (Lipinski definition) is 5. The molecule has 1 aromatic rings. The Morgan fingerprint density at radius 1 is 1.08 bits per heavy atom. The fourth-order valence-corrected chi connectivity index (χ4v) is 2.74. The van der Waals surface area contributed by atoms with Crippen LogP contribution in [-0.4, -0.2) is 40.2 Å². The SMILES string of the molecule is CCOC(=O)c1ccc(CC(N[S@@](=O)C(C)(C)C)C(=O)OCC)cc1. The molecule has 25 heavy (non-hydrogen) atoms. The van der Waals surface area contributed by atoms with Gasteiger partial charge in [0.1, 0.15) is 6.04 Å². The molecule has 1 N–H and O–H groups in total. The summed E-state index contributed by atoms with van der Waals surface area (Å²) in [6.45, 7) is 9.52. The first-order valence-corrected chi connectivity index (χ1v) is 9.44. The van der Waals surface area contributed by atoms with E-state index in [4.69, 9.17) is 9.47 Å². The third-order valence-corrected chi connectivity index (χ3v) is 4.89. The normalized spacial score (nSPS) is 13.8. The maximum absolute atomic E-state index is 12.3. The van der Waals surface area contributed by atoms with Gasteiger partial charge < -0.3 is 9.47 Å². The Balaban J connectivity index is 2.88. The van der Waals surface area contributed by atoms with Gasteiger partial charge in [-0.15, -0.1) is 0 Å². The molecule has 0 amide bonds. The maximum atomic E-state index is 12.3. The predicted octanol–water partition coefficient (Wildman–Crippen LogP) is 2.39. The molecule has 0 spiro atoms. The standard InChI is InChI=1S/C18H27NO5S/c1-6-23-16(20)14-10-8-13(9-11-14)12-15(17(21)24-7-2)19-25(22)18(3,4)5/h8-11,15,19H,6-7,12H2,1-5H3/t15?,25-/m0/s1. The first kappa shape index (κ1) is 21.3. The van der Waals surface area contributed by atoms with Crippen LogP contribution in [0.1, 0.15) is 50.5 Å². The molecule has 140 valence electrons. The summed E-state index contributed by atoms with van der Waals surface area (Å²) in [5.74, 6) is -0.836.